The molecule has 0 amide bonds. The van der Waals surface area contributed by atoms with Crippen molar-refractivity contribution in [1.29, 1.82) is 0 Å². The Labute approximate surface area is 95.0 Å². The molecule has 0 aromatic rings. The lowest BCUT2D eigenvalue weighted by atomic mass is 9.79. The molecule has 90 valence electrons. The number of hydrogen-bond donors (Lipinski definition) is 1. The number of esters is 1. The summed E-state index contributed by atoms with van der Waals surface area (Å²) in [4.78, 5) is 22.9. The molecule has 3 aliphatic carbocycles. The fraction of sp³-hybridized carbons (Fsp3) is 0.833. The summed E-state index contributed by atoms with van der Waals surface area (Å²) in [5.41, 5.74) is 0. The molecule has 4 nitrogen and oxygen atoms in total. The van der Waals surface area contributed by atoms with Crippen LogP contribution in [-0.2, 0) is 14.3 Å². The van der Waals surface area contributed by atoms with Crippen LogP contribution in [0.4, 0.5) is 0 Å². The van der Waals surface area contributed by atoms with Crippen molar-refractivity contribution in [1.82, 2.24) is 0 Å². The second-order valence-electron chi connectivity index (χ2n) is 4.98. The highest BCUT2D eigenvalue weighted by molar-refractivity contribution is 5.76. The predicted octanol–water partition coefficient (Wildman–Crippen LogP) is 1.69. The first kappa shape index (κ1) is 11.4. The van der Waals surface area contributed by atoms with Crippen molar-refractivity contribution in [3.8, 4) is 0 Å². The lowest BCUT2D eigenvalue weighted by molar-refractivity contribution is -0.149. The van der Waals surface area contributed by atoms with Crippen LogP contribution in [0, 0.1) is 23.7 Å². The standard InChI is InChI=1S/C12H18O4/c1-16-12(15)10-6-9(11(13)14)7-2-4-8(10)5-3-7/h7-10H,2-6H2,1H3,(H,13,14). The van der Waals surface area contributed by atoms with E-state index < -0.39 is 5.97 Å². The molecule has 3 rings (SSSR count). The highest BCUT2D eigenvalue weighted by atomic mass is 16.5. The molecule has 0 heterocycles. The quantitative estimate of drug-likeness (QED) is 0.728. The maximum absolute atomic E-state index is 11.7. The van der Waals surface area contributed by atoms with Crippen LogP contribution in [0.15, 0.2) is 0 Å². The van der Waals surface area contributed by atoms with Crippen molar-refractivity contribution in [3.63, 3.8) is 0 Å². The van der Waals surface area contributed by atoms with Crippen molar-refractivity contribution in [2.24, 2.45) is 23.7 Å². The minimum atomic E-state index is -0.749. The van der Waals surface area contributed by atoms with Gasteiger partial charge in [-0.15, -0.1) is 0 Å². The molecule has 0 aliphatic heterocycles. The van der Waals surface area contributed by atoms with Gasteiger partial charge in [0.25, 0.3) is 0 Å². The first-order chi connectivity index (χ1) is 7.63. The maximum atomic E-state index is 11.7. The Balaban J connectivity index is 2.20. The number of hydrogen-bond acceptors (Lipinski definition) is 3. The zero-order valence-corrected chi connectivity index (χ0v) is 9.52. The average Bonchev–Trinajstić information content (AvgIpc) is 2.58. The molecule has 2 atom stereocenters. The molecule has 0 aromatic heterocycles. The minimum Gasteiger partial charge on any atom is -0.481 e. The fourth-order valence-corrected chi connectivity index (χ4v) is 3.35. The topological polar surface area (TPSA) is 63.6 Å². The first-order valence-corrected chi connectivity index (χ1v) is 5.94. The average molecular weight is 226 g/mol. The number of methoxy groups -OCH3 is 1. The van der Waals surface area contributed by atoms with Crippen LogP contribution in [-0.4, -0.2) is 24.2 Å². The van der Waals surface area contributed by atoms with E-state index in [1.54, 1.807) is 0 Å². The zero-order chi connectivity index (χ0) is 11.7. The van der Waals surface area contributed by atoms with Gasteiger partial charge in [-0.3, -0.25) is 9.59 Å². The van der Waals surface area contributed by atoms with Crippen LogP contribution < -0.4 is 0 Å². The summed E-state index contributed by atoms with van der Waals surface area (Å²) in [6, 6.07) is 0. The van der Waals surface area contributed by atoms with Crippen LogP contribution in [0.2, 0.25) is 0 Å². The monoisotopic (exact) mass is 226 g/mol. The van der Waals surface area contributed by atoms with Gasteiger partial charge in [0.1, 0.15) is 0 Å². The Kier molecular flexibility index (Phi) is 3.17. The highest BCUT2D eigenvalue weighted by Crippen LogP contribution is 2.45. The fourth-order valence-electron chi connectivity index (χ4n) is 3.35. The van der Waals surface area contributed by atoms with E-state index in [0.29, 0.717) is 12.3 Å². The van der Waals surface area contributed by atoms with Crippen LogP contribution in [0.25, 0.3) is 0 Å². The van der Waals surface area contributed by atoms with Gasteiger partial charge in [0.05, 0.1) is 18.9 Å². The van der Waals surface area contributed by atoms with E-state index in [4.69, 9.17) is 4.74 Å². The van der Waals surface area contributed by atoms with E-state index in [2.05, 4.69) is 0 Å². The normalized spacial score (nSPS) is 37.8. The smallest absolute Gasteiger partial charge is 0.308 e. The van der Waals surface area contributed by atoms with Gasteiger partial charge in [-0.1, -0.05) is 0 Å². The maximum Gasteiger partial charge on any atom is 0.308 e. The summed E-state index contributed by atoms with van der Waals surface area (Å²) in [6.07, 6.45) is 4.34. The molecule has 0 radical (unpaired) electrons. The number of aliphatic carboxylic acids is 1. The Morgan fingerprint density at radius 3 is 2.00 bits per heavy atom. The number of carboxylic acid groups (broad SMARTS) is 1. The zero-order valence-electron chi connectivity index (χ0n) is 9.52. The second kappa shape index (κ2) is 4.44. The molecule has 1 N–H and O–H groups in total. The summed E-state index contributed by atoms with van der Waals surface area (Å²) < 4.78 is 4.79. The van der Waals surface area contributed by atoms with E-state index in [0.717, 1.165) is 25.7 Å². The number of fused-ring (bicyclic) bond motifs is 4. The van der Waals surface area contributed by atoms with Gasteiger partial charge in [0.15, 0.2) is 0 Å². The number of carbonyl (C=O) groups excluding carboxylic acids is 1. The van der Waals surface area contributed by atoms with Gasteiger partial charge >= 0.3 is 11.9 Å². The summed E-state index contributed by atoms with van der Waals surface area (Å²) in [6.45, 7) is 0. The predicted molar refractivity (Wildman–Crippen MR) is 56.7 cm³/mol. The third-order valence-corrected chi connectivity index (χ3v) is 4.28. The molecule has 3 fully saturated rings. The van der Waals surface area contributed by atoms with Crippen molar-refractivity contribution in [3.05, 3.63) is 0 Å². The molecular formula is C12H18O4. The van der Waals surface area contributed by atoms with Crippen LogP contribution >= 0.6 is 0 Å². The SMILES string of the molecule is COC(=O)C1CC(C(=O)O)C2CCC1CC2. The molecule has 0 spiro atoms. The molecule has 0 aromatic carbocycles. The molecular weight excluding hydrogens is 208 g/mol. The van der Waals surface area contributed by atoms with E-state index in [1.165, 1.54) is 7.11 Å². The molecule has 3 saturated carbocycles. The van der Waals surface area contributed by atoms with Gasteiger partial charge < -0.3 is 9.84 Å². The largest absolute Gasteiger partial charge is 0.481 e. The Bertz CT molecular complexity index is 291. The summed E-state index contributed by atoms with van der Waals surface area (Å²) in [5.74, 6) is -0.910. The van der Waals surface area contributed by atoms with Gasteiger partial charge in [0.2, 0.25) is 0 Å². The number of carboxylic acids is 1. The summed E-state index contributed by atoms with van der Waals surface area (Å²) >= 11 is 0. The summed E-state index contributed by atoms with van der Waals surface area (Å²) in [7, 11) is 1.38. The summed E-state index contributed by atoms with van der Waals surface area (Å²) in [5, 5.41) is 9.20. The van der Waals surface area contributed by atoms with Gasteiger partial charge in [-0.05, 0) is 43.9 Å². The van der Waals surface area contributed by atoms with Crippen LogP contribution in [0.3, 0.4) is 0 Å². The van der Waals surface area contributed by atoms with Crippen molar-refractivity contribution < 1.29 is 19.4 Å². The van der Waals surface area contributed by atoms with Crippen LogP contribution in [0.5, 0.6) is 0 Å². The van der Waals surface area contributed by atoms with Gasteiger partial charge in [-0.25, -0.2) is 0 Å². The van der Waals surface area contributed by atoms with Crippen LogP contribution in [0.1, 0.15) is 32.1 Å². The van der Waals surface area contributed by atoms with E-state index >= 15 is 0 Å². The third-order valence-electron chi connectivity index (χ3n) is 4.28. The van der Waals surface area contributed by atoms with E-state index in [9.17, 15) is 14.7 Å². The molecule has 2 unspecified atom stereocenters. The Morgan fingerprint density at radius 1 is 1.06 bits per heavy atom. The molecule has 3 aliphatic rings. The molecule has 16 heavy (non-hydrogen) atoms. The van der Waals surface area contributed by atoms with E-state index in [1.807, 2.05) is 0 Å². The van der Waals surface area contributed by atoms with Crippen molar-refractivity contribution >= 4 is 11.9 Å². The van der Waals surface area contributed by atoms with Gasteiger partial charge in [-0.2, -0.15) is 0 Å². The van der Waals surface area contributed by atoms with E-state index in [-0.39, 0.29) is 23.7 Å². The molecule has 0 saturated heterocycles. The third kappa shape index (κ3) is 1.93. The molecule has 4 heteroatoms. The minimum absolute atomic E-state index is 0.196. The Hall–Kier alpha value is -1.06. The van der Waals surface area contributed by atoms with Crippen molar-refractivity contribution in [2.45, 2.75) is 32.1 Å². The second-order valence-corrected chi connectivity index (χ2v) is 4.98. The number of rotatable bonds is 2. The highest BCUT2D eigenvalue weighted by Gasteiger charge is 2.44. The van der Waals surface area contributed by atoms with Crippen molar-refractivity contribution in [2.75, 3.05) is 7.11 Å². The Morgan fingerprint density at radius 2 is 1.56 bits per heavy atom. The molecule has 2 bridgehead atoms. The number of carbonyl (C=O) groups is 2. The lowest BCUT2D eigenvalue weighted by Gasteiger charge is -2.26. The lowest BCUT2D eigenvalue weighted by Crippen LogP contribution is -2.26. The van der Waals surface area contributed by atoms with Gasteiger partial charge in [0, 0.05) is 0 Å². The first-order valence-electron chi connectivity index (χ1n) is 5.94. The number of ether oxygens (including phenoxy) is 1.